The molecule has 0 spiro atoms. The van der Waals surface area contributed by atoms with E-state index in [1.165, 1.54) is 36.8 Å². The molecular weight excluding hydrogens is 340 g/mol. The SMILES string of the molecule is O=C(Cc1nc(-c2ccc3c(c2)CCCC3)cs1)NCc1ccccc1. The molecule has 0 atom stereocenters. The Morgan fingerprint density at radius 3 is 2.69 bits per heavy atom. The standard InChI is InChI=1S/C22H22N2OS/c25-21(23-14-16-6-2-1-3-7-16)13-22-24-20(15-26-22)19-11-10-17-8-4-5-9-18(17)12-19/h1-3,6-7,10-12,15H,4-5,8-9,13-14H2,(H,23,25). The van der Waals surface area contributed by atoms with Crippen molar-refractivity contribution in [3.8, 4) is 11.3 Å². The number of nitrogens with one attached hydrogen (secondary N) is 1. The maximum atomic E-state index is 12.2. The summed E-state index contributed by atoms with van der Waals surface area (Å²) in [6, 6.07) is 16.6. The summed E-state index contributed by atoms with van der Waals surface area (Å²) in [4.78, 5) is 16.9. The van der Waals surface area contributed by atoms with Gasteiger partial charge in [-0.15, -0.1) is 11.3 Å². The quantitative estimate of drug-likeness (QED) is 0.723. The minimum absolute atomic E-state index is 0.0141. The fourth-order valence-corrected chi connectivity index (χ4v) is 4.22. The highest BCUT2D eigenvalue weighted by Gasteiger charge is 2.13. The lowest BCUT2D eigenvalue weighted by molar-refractivity contribution is -0.120. The maximum absolute atomic E-state index is 12.2. The third kappa shape index (κ3) is 4.02. The summed E-state index contributed by atoms with van der Waals surface area (Å²) in [7, 11) is 0. The van der Waals surface area contributed by atoms with Crippen molar-refractivity contribution >= 4 is 17.2 Å². The van der Waals surface area contributed by atoms with Gasteiger partial charge in [-0.25, -0.2) is 4.98 Å². The largest absolute Gasteiger partial charge is 0.352 e. The number of amides is 1. The van der Waals surface area contributed by atoms with E-state index in [0.717, 1.165) is 21.8 Å². The van der Waals surface area contributed by atoms with Gasteiger partial charge < -0.3 is 5.32 Å². The van der Waals surface area contributed by atoms with Gasteiger partial charge in [0.1, 0.15) is 5.01 Å². The van der Waals surface area contributed by atoms with E-state index in [0.29, 0.717) is 13.0 Å². The summed E-state index contributed by atoms with van der Waals surface area (Å²) in [6.45, 7) is 0.558. The van der Waals surface area contributed by atoms with Crippen LogP contribution in [0.2, 0.25) is 0 Å². The van der Waals surface area contributed by atoms with Crippen molar-refractivity contribution < 1.29 is 4.79 Å². The van der Waals surface area contributed by atoms with Crippen LogP contribution >= 0.6 is 11.3 Å². The van der Waals surface area contributed by atoms with E-state index in [2.05, 4.69) is 33.9 Å². The summed E-state index contributed by atoms with van der Waals surface area (Å²) in [5.41, 5.74) is 6.20. The smallest absolute Gasteiger partial charge is 0.227 e. The Kier molecular flexibility index (Phi) is 5.12. The zero-order valence-electron chi connectivity index (χ0n) is 14.7. The van der Waals surface area contributed by atoms with Gasteiger partial charge in [0, 0.05) is 17.5 Å². The van der Waals surface area contributed by atoms with Crippen LogP contribution in [0.5, 0.6) is 0 Å². The molecule has 4 rings (SSSR count). The highest BCUT2D eigenvalue weighted by atomic mass is 32.1. The number of benzene rings is 2. The first kappa shape index (κ1) is 17.0. The van der Waals surface area contributed by atoms with Crippen LogP contribution in [-0.2, 0) is 30.6 Å². The van der Waals surface area contributed by atoms with Crippen LogP contribution in [0.15, 0.2) is 53.9 Å². The Hall–Kier alpha value is -2.46. The van der Waals surface area contributed by atoms with Gasteiger partial charge in [0.15, 0.2) is 0 Å². The molecule has 1 heterocycles. The van der Waals surface area contributed by atoms with E-state index in [4.69, 9.17) is 0 Å². The number of hydrogen-bond donors (Lipinski definition) is 1. The summed E-state index contributed by atoms with van der Waals surface area (Å²) >= 11 is 1.56. The van der Waals surface area contributed by atoms with Crippen molar-refractivity contribution in [1.82, 2.24) is 10.3 Å². The molecule has 0 unspecified atom stereocenters. The van der Waals surface area contributed by atoms with Crippen LogP contribution < -0.4 is 5.32 Å². The fraction of sp³-hybridized carbons (Fsp3) is 0.273. The van der Waals surface area contributed by atoms with Crippen LogP contribution in [0.25, 0.3) is 11.3 Å². The Bertz CT molecular complexity index is 902. The van der Waals surface area contributed by atoms with Gasteiger partial charge in [-0.1, -0.05) is 42.5 Å². The minimum atomic E-state index is 0.0141. The van der Waals surface area contributed by atoms with Gasteiger partial charge in [0.2, 0.25) is 5.91 Å². The van der Waals surface area contributed by atoms with Gasteiger partial charge in [0.25, 0.3) is 0 Å². The predicted molar refractivity (Wildman–Crippen MR) is 106 cm³/mol. The molecule has 3 nitrogen and oxygen atoms in total. The highest BCUT2D eigenvalue weighted by Crippen LogP contribution is 2.28. The number of thiazole rings is 1. The second-order valence-electron chi connectivity index (χ2n) is 6.76. The number of hydrogen-bond acceptors (Lipinski definition) is 3. The molecule has 1 aliphatic rings. The summed E-state index contributed by atoms with van der Waals surface area (Å²) < 4.78 is 0. The summed E-state index contributed by atoms with van der Waals surface area (Å²) in [6.07, 6.45) is 5.27. The van der Waals surface area contributed by atoms with Crippen molar-refractivity contribution in [2.75, 3.05) is 0 Å². The van der Waals surface area contributed by atoms with Crippen molar-refractivity contribution in [2.45, 2.75) is 38.6 Å². The van der Waals surface area contributed by atoms with Gasteiger partial charge in [0.05, 0.1) is 12.1 Å². The molecule has 3 aromatic rings. The van der Waals surface area contributed by atoms with E-state index in [1.54, 1.807) is 11.3 Å². The summed E-state index contributed by atoms with van der Waals surface area (Å²) in [5.74, 6) is 0.0141. The zero-order valence-corrected chi connectivity index (χ0v) is 15.5. The summed E-state index contributed by atoms with van der Waals surface area (Å²) in [5, 5.41) is 5.89. The van der Waals surface area contributed by atoms with Gasteiger partial charge in [-0.05, 0) is 48.4 Å². The molecule has 1 aliphatic carbocycles. The highest BCUT2D eigenvalue weighted by molar-refractivity contribution is 7.10. The molecule has 4 heteroatoms. The molecular formula is C22H22N2OS. The normalized spacial score (nSPS) is 13.2. The van der Waals surface area contributed by atoms with Crippen molar-refractivity contribution in [1.29, 1.82) is 0 Å². The van der Waals surface area contributed by atoms with Crippen molar-refractivity contribution in [2.24, 2.45) is 0 Å². The third-order valence-electron chi connectivity index (χ3n) is 4.84. The Morgan fingerprint density at radius 2 is 1.85 bits per heavy atom. The molecule has 0 saturated carbocycles. The van der Waals surface area contributed by atoms with Gasteiger partial charge in [-0.2, -0.15) is 0 Å². The first-order chi connectivity index (χ1) is 12.8. The molecule has 0 saturated heterocycles. The van der Waals surface area contributed by atoms with E-state index in [9.17, 15) is 4.79 Å². The number of aryl methyl sites for hydroxylation is 2. The third-order valence-corrected chi connectivity index (χ3v) is 5.69. The van der Waals surface area contributed by atoms with Crippen LogP contribution in [0.3, 0.4) is 0 Å². The minimum Gasteiger partial charge on any atom is -0.352 e. The number of nitrogens with zero attached hydrogens (tertiary/aromatic N) is 1. The molecule has 0 aliphatic heterocycles. The van der Waals surface area contributed by atoms with Crippen LogP contribution in [0.1, 0.15) is 34.5 Å². The Morgan fingerprint density at radius 1 is 1.04 bits per heavy atom. The number of aromatic nitrogens is 1. The molecule has 0 radical (unpaired) electrons. The fourth-order valence-electron chi connectivity index (χ4n) is 3.41. The van der Waals surface area contributed by atoms with Gasteiger partial charge >= 0.3 is 0 Å². The molecule has 1 aromatic heterocycles. The van der Waals surface area contributed by atoms with E-state index >= 15 is 0 Å². The molecule has 2 aromatic carbocycles. The number of carbonyl (C=O) groups excluding carboxylic acids is 1. The number of carbonyl (C=O) groups is 1. The monoisotopic (exact) mass is 362 g/mol. The first-order valence-corrected chi connectivity index (χ1v) is 10.0. The van der Waals surface area contributed by atoms with E-state index in [-0.39, 0.29) is 5.91 Å². The van der Waals surface area contributed by atoms with Crippen LogP contribution in [0.4, 0.5) is 0 Å². The van der Waals surface area contributed by atoms with E-state index < -0.39 is 0 Å². The van der Waals surface area contributed by atoms with Crippen LogP contribution in [-0.4, -0.2) is 10.9 Å². The number of fused-ring (bicyclic) bond motifs is 1. The van der Waals surface area contributed by atoms with Crippen molar-refractivity contribution in [3.63, 3.8) is 0 Å². The molecule has 1 N–H and O–H groups in total. The second kappa shape index (κ2) is 7.83. The molecule has 0 fully saturated rings. The molecule has 1 amide bonds. The van der Waals surface area contributed by atoms with Crippen LogP contribution in [0, 0.1) is 0 Å². The first-order valence-electron chi connectivity index (χ1n) is 9.15. The van der Waals surface area contributed by atoms with E-state index in [1.807, 2.05) is 30.3 Å². The lowest BCUT2D eigenvalue weighted by atomic mass is 9.90. The Labute approximate surface area is 158 Å². The maximum Gasteiger partial charge on any atom is 0.227 e. The lowest BCUT2D eigenvalue weighted by Gasteiger charge is -2.16. The molecule has 132 valence electrons. The lowest BCUT2D eigenvalue weighted by Crippen LogP contribution is -2.24. The zero-order chi connectivity index (χ0) is 17.8. The van der Waals surface area contributed by atoms with Gasteiger partial charge in [-0.3, -0.25) is 4.79 Å². The predicted octanol–water partition coefficient (Wildman–Crippen LogP) is 4.55. The number of rotatable bonds is 5. The molecule has 26 heavy (non-hydrogen) atoms. The average Bonchev–Trinajstić information content (AvgIpc) is 3.15. The second-order valence-corrected chi connectivity index (χ2v) is 7.70. The topological polar surface area (TPSA) is 42.0 Å². The average molecular weight is 362 g/mol. The Balaban J connectivity index is 1.39. The van der Waals surface area contributed by atoms with Crippen molar-refractivity contribution in [3.05, 3.63) is 75.6 Å². The molecule has 0 bridgehead atoms.